The minimum Gasteiger partial charge on any atom is -0.0619 e. The van der Waals surface area contributed by atoms with Crippen molar-refractivity contribution in [3.63, 3.8) is 0 Å². The summed E-state index contributed by atoms with van der Waals surface area (Å²) in [6.45, 7) is 0. The van der Waals surface area contributed by atoms with Gasteiger partial charge in [0.1, 0.15) is 0 Å². The molecule has 0 amide bonds. The zero-order chi connectivity index (χ0) is 50.6. The van der Waals surface area contributed by atoms with Gasteiger partial charge in [-0.05, 0) is 132 Å². The molecule has 77 heavy (non-hydrogen) atoms. The molecule has 360 valence electrons. The van der Waals surface area contributed by atoms with E-state index in [0.717, 1.165) is 0 Å². The average Bonchev–Trinajstić information content (AvgIpc) is 4.34. The first-order valence-corrected chi connectivity index (χ1v) is 29.4. The molecule has 4 aliphatic carbocycles. The van der Waals surface area contributed by atoms with E-state index in [1.54, 1.807) is 0 Å². The van der Waals surface area contributed by atoms with Crippen LogP contribution in [-0.4, -0.2) is 8.07 Å². The summed E-state index contributed by atoms with van der Waals surface area (Å²) in [6, 6.07) is 112. The van der Waals surface area contributed by atoms with E-state index in [2.05, 4.69) is 291 Å². The van der Waals surface area contributed by atoms with Crippen LogP contribution in [0.5, 0.6) is 0 Å². The van der Waals surface area contributed by atoms with Crippen LogP contribution in [0, 0.1) is 0 Å². The Labute approximate surface area is 452 Å². The van der Waals surface area contributed by atoms with E-state index in [1.165, 1.54) is 132 Å². The Balaban J connectivity index is 0.905. The van der Waals surface area contributed by atoms with Gasteiger partial charge in [-0.15, -0.1) is 0 Å². The van der Waals surface area contributed by atoms with Crippen molar-refractivity contribution in [1.82, 2.24) is 0 Å². The number of fused-ring (bicyclic) bond motifs is 12. The molecule has 16 rings (SSSR count). The third-order valence-electron chi connectivity index (χ3n) is 18.0. The molecule has 0 saturated heterocycles. The first kappa shape index (κ1) is 44.2. The lowest BCUT2D eigenvalue weighted by atomic mass is 9.89. The van der Waals surface area contributed by atoms with Crippen molar-refractivity contribution in [2.24, 2.45) is 0 Å². The molecule has 0 aliphatic heterocycles. The number of hydrogen-bond donors (Lipinski definition) is 0. The molecule has 0 bridgehead atoms. The van der Waals surface area contributed by atoms with Gasteiger partial charge in [0.05, 0.1) is 0 Å². The van der Waals surface area contributed by atoms with Crippen LogP contribution in [0.15, 0.2) is 291 Å². The summed E-state index contributed by atoms with van der Waals surface area (Å²) in [4.78, 5) is 0. The summed E-state index contributed by atoms with van der Waals surface area (Å²) < 4.78 is 0. The maximum Gasteiger partial charge on any atom is 0.179 e. The largest absolute Gasteiger partial charge is 0.179 e. The molecule has 0 spiro atoms. The lowest BCUT2D eigenvalue weighted by molar-refractivity contribution is 1.01. The highest BCUT2D eigenvalue weighted by atomic mass is 28.3. The zero-order valence-corrected chi connectivity index (χ0v) is 43.5. The van der Waals surface area contributed by atoms with Gasteiger partial charge in [-0.2, -0.15) is 0 Å². The third kappa shape index (κ3) is 6.57. The second-order valence-corrected chi connectivity index (χ2v) is 25.5. The van der Waals surface area contributed by atoms with Crippen molar-refractivity contribution < 1.29 is 0 Å². The van der Waals surface area contributed by atoms with Crippen molar-refractivity contribution in [2.75, 3.05) is 0 Å². The summed E-state index contributed by atoms with van der Waals surface area (Å²) in [7, 11) is -3.12. The van der Waals surface area contributed by atoms with E-state index >= 15 is 0 Å². The van der Waals surface area contributed by atoms with Crippen molar-refractivity contribution in [3.05, 3.63) is 358 Å². The molecule has 0 heterocycles. The van der Waals surface area contributed by atoms with Crippen molar-refractivity contribution in [2.45, 2.75) is 23.7 Å². The highest BCUT2D eigenvalue weighted by Crippen LogP contribution is 2.51. The Morgan fingerprint density at radius 3 is 0.455 bits per heavy atom. The standard InChI is InChI=1S/C76H52Si/c1-9-25-65-57(17-1)58-18-2-10-26-66(58)73(65)49-33-41-53(42-34-49)77(54-43-35-50(36-44-54)74-67-27-11-3-19-59(67)60-20-4-12-28-68(60)74,55-45-37-51(38-46-55)75-69-29-13-5-21-61(69)62-22-6-14-30-70(62)75)56-47-39-52(40-48-56)76-71-31-15-7-23-63(71)64-24-8-16-32-72(64)76/h1-48,73-76H. The fourth-order valence-corrected chi connectivity index (χ4v) is 19.4. The second-order valence-electron chi connectivity index (χ2n) is 21.7. The molecule has 1 heteroatoms. The molecule has 12 aromatic carbocycles. The molecule has 0 radical (unpaired) electrons. The van der Waals surface area contributed by atoms with Gasteiger partial charge in [0.15, 0.2) is 8.07 Å². The number of benzene rings is 12. The van der Waals surface area contributed by atoms with Crippen LogP contribution in [0.25, 0.3) is 44.5 Å². The lowest BCUT2D eigenvalue weighted by Gasteiger charge is -2.35. The summed E-state index contributed by atoms with van der Waals surface area (Å²) in [5.74, 6) is 0.655. The fourth-order valence-electron chi connectivity index (χ4n) is 14.8. The van der Waals surface area contributed by atoms with E-state index in [-0.39, 0.29) is 23.7 Å². The van der Waals surface area contributed by atoms with Gasteiger partial charge in [-0.3, -0.25) is 0 Å². The maximum atomic E-state index is 2.51. The predicted octanol–water partition coefficient (Wildman–Crippen LogP) is 15.7. The number of rotatable bonds is 8. The zero-order valence-electron chi connectivity index (χ0n) is 42.5. The highest BCUT2D eigenvalue weighted by Gasteiger charge is 2.43. The normalized spacial score (nSPS) is 14.0. The molecule has 0 nitrogen and oxygen atoms in total. The molecule has 0 unspecified atom stereocenters. The molecule has 0 atom stereocenters. The monoisotopic (exact) mass is 992 g/mol. The summed E-state index contributed by atoms with van der Waals surface area (Å²) in [6.07, 6.45) is 0. The maximum absolute atomic E-state index is 3.12. The van der Waals surface area contributed by atoms with E-state index < -0.39 is 8.07 Å². The van der Waals surface area contributed by atoms with Gasteiger partial charge in [0.25, 0.3) is 0 Å². The number of hydrogen-bond acceptors (Lipinski definition) is 0. The van der Waals surface area contributed by atoms with E-state index in [0.29, 0.717) is 0 Å². The molecule has 0 aromatic heterocycles. The van der Waals surface area contributed by atoms with Crippen LogP contribution in [0.1, 0.15) is 90.4 Å². The van der Waals surface area contributed by atoms with E-state index in [4.69, 9.17) is 0 Å². The molecule has 4 aliphatic rings. The Hall–Kier alpha value is -9.14. The average molecular weight is 993 g/mol. The summed E-state index contributed by atoms with van der Waals surface area (Å²) in [5.41, 5.74) is 27.1. The summed E-state index contributed by atoms with van der Waals surface area (Å²) >= 11 is 0. The quantitative estimate of drug-likeness (QED) is 0.105. The van der Waals surface area contributed by atoms with E-state index in [1.807, 2.05) is 0 Å². The smallest absolute Gasteiger partial charge is 0.0619 e. The second kappa shape index (κ2) is 17.5. The van der Waals surface area contributed by atoms with Crippen LogP contribution in [0.4, 0.5) is 0 Å². The van der Waals surface area contributed by atoms with Crippen molar-refractivity contribution in [3.8, 4) is 44.5 Å². The van der Waals surface area contributed by atoms with Crippen LogP contribution in [-0.2, 0) is 0 Å². The third-order valence-corrected chi connectivity index (χ3v) is 22.8. The highest BCUT2D eigenvalue weighted by molar-refractivity contribution is 7.19. The van der Waals surface area contributed by atoms with Crippen molar-refractivity contribution in [1.29, 1.82) is 0 Å². The molecule has 0 saturated carbocycles. The Bertz CT molecular complexity index is 3540. The van der Waals surface area contributed by atoms with Crippen molar-refractivity contribution >= 4 is 28.8 Å². The van der Waals surface area contributed by atoms with Gasteiger partial charge in [-0.25, -0.2) is 0 Å². The van der Waals surface area contributed by atoms with Gasteiger partial charge >= 0.3 is 0 Å². The lowest BCUT2D eigenvalue weighted by Crippen LogP contribution is -2.74. The summed E-state index contributed by atoms with van der Waals surface area (Å²) in [5, 5.41) is 5.50. The van der Waals surface area contributed by atoms with Crippen LogP contribution >= 0.6 is 0 Å². The van der Waals surface area contributed by atoms with Crippen LogP contribution < -0.4 is 20.7 Å². The predicted molar refractivity (Wildman–Crippen MR) is 321 cm³/mol. The van der Waals surface area contributed by atoms with Gasteiger partial charge in [0.2, 0.25) is 0 Å². The fraction of sp³-hybridized carbons (Fsp3) is 0.0526. The van der Waals surface area contributed by atoms with Gasteiger partial charge in [-0.1, -0.05) is 291 Å². The van der Waals surface area contributed by atoms with Gasteiger partial charge in [0, 0.05) is 23.7 Å². The molecule has 12 aromatic rings. The van der Waals surface area contributed by atoms with E-state index in [9.17, 15) is 0 Å². The minimum atomic E-state index is -3.12. The topological polar surface area (TPSA) is 0 Å². The molecule has 0 N–H and O–H groups in total. The van der Waals surface area contributed by atoms with Crippen LogP contribution in [0.3, 0.4) is 0 Å². The first-order chi connectivity index (χ1) is 38.2. The molecule has 0 fully saturated rings. The Morgan fingerprint density at radius 2 is 0.299 bits per heavy atom. The minimum absolute atomic E-state index is 0.164. The van der Waals surface area contributed by atoms with Crippen LogP contribution in [0.2, 0.25) is 0 Å². The van der Waals surface area contributed by atoms with Gasteiger partial charge < -0.3 is 0 Å². The SMILES string of the molecule is c1ccc2c(c1)-c1ccccc1C2c1ccc([Si](c2ccc(C3c4ccccc4-c4ccccc43)cc2)(c2ccc(C3c4ccccc4-c4ccccc43)cc2)c2ccc(C3c4ccccc4-c4ccccc43)cc2)cc1. The first-order valence-electron chi connectivity index (χ1n) is 27.4. The molecular formula is C76H52Si. The Kier molecular flexibility index (Phi) is 10.0. The Morgan fingerprint density at radius 1 is 0.156 bits per heavy atom. The molecular weight excluding hydrogens is 941 g/mol.